The minimum absolute atomic E-state index is 0. The Bertz CT molecular complexity index is 765. The summed E-state index contributed by atoms with van der Waals surface area (Å²) < 4.78 is 1.90. The first kappa shape index (κ1) is 17.1. The van der Waals surface area contributed by atoms with Crippen molar-refractivity contribution in [2.75, 3.05) is 0 Å². The van der Waals surface area contributed by atoms with Gasteiger partial charge in [0.1, 0.15) is 0 Å². The van der Waals surface area contributed by atoms with Gasteiger partial charge in [-0.3, -0.25) is 4.79 Å². The molecule has 1 aromatic heterocycles. The molecule has 0 radical (unpaired) electrons. The molecule has 0 saturated heterocycles. The molecule has 0 amide bonds. The average molecular weight is 369 g/mol. The Balaban J connectivity index is 0.00000192. The lowest BCUT2D eigenvalue weighted by atomic mass is 10.0. The number of aromatic nitrogens is 1. The number of aryl methyl sites for hydroxylation is 1. The lowest BCUT2D eigenvalue weighted by molar-refractivity contribution is -0.683. The van der Waals surface area contributed by atoms with E-state index in [1.807, 2.05) is 78.5 Å². The van der Waals surface area contributed by atoms with E-state index in [0.29, 0.717) is 6.54 Å². The van der Waals surface area contributed by atoms with E-state index in [1.54, 1.807) is 0 Å². The number of Topliss-reactive ketones (excluding diaryl/α,β-unsaturated/α-hetero) is 1. The molecule has 0 bridgehead atoms. The third-order valence-electron chi connectivity index (χ3n) is 3.70. The molecule has 0 aliphatic heterocycles. The number of ketones is 1. The molecule has 3 aromatic rings. The summed E-state index contributed by atoms with van der Waals surface area (Å²) in [6.45, 7) is 2.40. The van der Waals surface area contributed by atoms with E-state index in [0.717, 1.165) is 16.7 Å². The second kappa shape index (κ2) is 7.84. The quantitative estimate of drug-likeness (QED) is 0.493. The van der Waals surface area contributed by atoms with Crippen LogP contribution in [0.4, 0.5) is 0 Å². The molecule has 1 heterocycles. The van der Waals surface area contributed by atoms with Crippen molar-refractivity contribution in [1.82, 2.24) is 0 Å². The molecule has 2 aromatic carbocycles. The largest absolute Gasteiger partial charge is 0.287 e. The molecule has 23 heavy (non-hydrogen) atoms. The molecule has 0 N–H and O–H groups in total. The van der Waals surface area contributed by atoms with Gasteiger partial charge in [-0.05, 0) is 23.6 Å². The number of benzene rings is 2. The van der Waals surface area contributed by atoms with Gasteiger partial charge in [0.05, 0.1) is 0 Å². The van der Waals surface area contributed by atoms with Crippen LogP contribution in [0, 0.1) is 6.92 Å². The van der Waals surface area contributed by atoms with Crippen molar-refractivity contribution in [2.24, 2.45) is 0 Å². The van der Waals surface area contributed by atoms with Crippen LogP contribution in [0.15, 0.2) is 79.1 Å². The molecule has 0 unspecified atom stereocenters. The van der Waals surface area contributed by atoms with Crippen LogP contribution < -0.4 is 4.57 Å². The Morgan fingerprint density at radius 2 is 1.39 bits per heavy atom. The minimum atomic E-state index is 0. The number of halogens is 1. The standard InChI is InChI=1S/C20H18NO.BrH/c1-16-11-13-21(14-12-16)15-20(22)19-9-7-18(8-10-19)17-5-3-2-4-6-17;/h2-14H,15H2,1H3;1H/q+1;. The smallest absolute Gasteiger partial charge is 0.227 e. The number of pyridine rings is 1. The van der Waals surface area contributed by atoms with E-state index in [9.17, 15) is 4.79 Å². The maximum atomic E-state index is 12.3. The fourth-order valence-electron chi connectivity index (χ4n) is 2.37. The molecule has 3 rings (SSSR count). The van der Waals surface area contributed by atoms with Crippen LogP contribution in [0.25, 0.3) is 11.1 Å². The van der Waals surface area contributed by atoms with Crippen molar-refractivity contribution in [3.8, 4) is 11.1 Å². The number of rotatable bonds is 4. The summed E-state index contributed by atoms with van der Waals surface area (Å²) in [4.78, 5) is 12.3. The molecule has 116 valence electrons. The van der Waals surface area contributed by atoms with Crippen LogP contribution in [0.1, 0.15) is 15.9 Å². The van der Waals surface area contributed by atoms with Gasteiger partial charge in [-0.15, -0.1) is 17.0 Å². The van der Waals surface area contributed by atoms with Crippen LogP contribution in [0.2, 0.25) is 0 Å². The number of hydrogen-bond acceptors (Lipinski definition) is 1. The highest BCUT2D eigenvalue weighted by Crippen LogP contribution is 2.19. The van der Waals surface area contributed by atoms with E-state index in [2.05, 4.69) is 12.1 Å². The maximum Gasteiger partial charge on any atom is 0.227 e. The first-order valence-electron chi connectivity index (χ1n) is 7.37. The fraction of sp³-hybridized carbons (Fsp3) is 0.100. The van der Waals surface area contributed by atoms with Gasteiger partial charge in [0, 0.05) is 17.7 Å². The highest BCUT2D eigenvalue weighted by Gasteiger charge is 2.11. The van der Waals surface area contributed by atoms with Crippen LogP contribution in [-0.4, -0.2) is 5.78 Å². The second-order valence-corrected chi connectivity index (χ2v) is 5.41. The summed E-state index contributed by atoms with van der Waals surface area (Å²) in [6, 6.07) is 22.0. The van der Waals surface area contributed by atoms with Crippen LogP contribution in [0.3, 0.4) is 0 Å². The summed E-state index contributed by atoms with van der Waals surface area (Å²) in [5, 5.41) is 0. The van der Waals surface area contributed by atoms with Gasteiger partial charge in [0.25, 0.3) is 0 Å². The summed E-state index contributed by atoms with van der Waals surface area (Å²) >= 11 is 0. The fourth-order valence-corrected chi connectivity index (χ4v) is 2.37. The van der Waals surface area contributed by atoms with E-state index < -0.39 is 0 Å². The zero-order chi connectivity index (χ0) is 15.4. The average Bonchev–Trinajstić information content (AvgIpc) is 2.58. The summed E-state index contributed by atoms with van der Waals surface area (Å²) in [5.41, 5.74) is 4.22. The van der Waals surface area contributed by atoms with Crippen molar-refractivity contribution in [1.29, 1.82) is 0 Å². The zero-order valence-corrected chi connectivity index (χ0v) is 14.7. The van der Waals surface area contributed by atoms with E-state index in [1.165, 1.54) is 5.56 Å². The van der Waals surface area contributed by atoms with E-state index in [4.69, 9.17) is 0 Å². The van der Waals surface area contributed by atoms with Gasteiger partial charge in [0.2, 0.25) is 12.3 Å². The zero-order valence-electron chi connectivity index (χ0n) is 13.0. The van der Waals surface area contributed by atoms with Gasteiger partial charge < -0.3 is 0 Å². The monoisotopic (exact) mass is 368 g/mol. The maximum absolute atomic E-state index is 12.3. The van der Waals surface area contributed by atoms with Crippen molar-refractivity contribution in [2.45, 2.75) is 13.5 Å². The number of hydrogen-bond donors (Lipinski definition) is 0. The van der Waals surface area contributed by atoms with Gasteiger partial charge in [-0.25, -0.2) is 0 Å². The highest BCUT2D eigenvalue weighted by molar-refractivity contribution is 8.93. The molecule has 0 fully saturated rings. The minimum Gasteiger partial charge on any atom is -0.287 e. The van der Waals surface area contributed by atoms with E-state index >= 15 is 0 Å². The normalized spacial score (nSPS) is 9.96. The molecule has 0 atom stereocenters. The molecule has 0 aliphatic carbocycles. The summed E-state index contributed by atoms with van der Waals surface area (Å²) in [7, 11) is 0. The van der Waals surface area contributed by atoms with Gasteiger partial charge in [-0.2, -0.15) is 4.57 Å². The number of carbonyl (C=O) groups is 1. The number of nitrogens with zero attached hydrogens (tertiary/aromatic N) is 1. The molecule has 3 heteroatoms. The van der Waals surface area contributed by atoms with Gasteiger partial charge in [-0.1, -0.05) is 54.6 Å². The Kier molecular flexibility index (Phi) is 5.83. The first-order chi connectivity index (χ1) is 10.7. The Morgan fingerprint density at radius 3 is 2.00 bits per heavy atom. The SMILES string of the molecule is Br.Cc1cc[n+](CC(=O)c2ccc(-c3ccccc3)cc2)cc1. The predicted octanol–water partition coefficient (Wildman–Crippen LogP) is 4.41. The van der Waals surface area contributed by atoms with Crippen molar-refractivity contribution in [3.63, 3.8) is 0 Å². The summed E-state index contributed by atoms with van der Waals surface area (Å²) in [6.07, 6.45) is 3.87. The molecule has 0 saturated carbocycles. The molecular formula is C20H19BrNO+. The Labute approximate surface area is 147 Å². The van der Waals surface area contributed by atoms with Crippen molar-refractivity contribution < 1.29 is 9.36 Å². The van der Waals surface area contributed by atoms with Crippen LogP contribution in [0.5, 0.6) is 0 Å². The van der Waals surface area contributed by atoms with E-state index in [-0.39, 0.29) is 22.8 Å². The second-order valence-electron chi connectivity index (χ2n) is 5.41. The lowest BCUT2D eigenvalue weighted by Gasteiger charge is -2.03. The molecular weight excluding hydrogens is 350 g/mol. The first-order valence-corrected chi connectivity index (χ1v) is 7.37. The van der Waals surface area contributed by atoms with Crippen molar-refractivity contribution >= 4 is 22.8 Å². The van der Waals surface area contributed by atoms with Gasteiger partial charge in [0.15, 0.2) is 12.4 Å². The lowest BCUT2D eigenvalue weighted by Crippen LogP contribution is -2.37. The Morgan fingerprint density at radius 1 is 0.826 bits per heavy atom. The van der Waals surface area contributed by atoms with Crippen LogP contribution >= 0.6 is 17.0 Å². The Hall–Kier alpha value is -2.26. The molecule has 0 spiro atoms. The third-order valence-corrected chi connectivity index (χ3v) is 3.70. The predicted molar refractivity (Wildman–Crippen MR) is 97.9 cm³/mol. The third kappa shape index (κ3) is 4.36. The molecule has 2 nitrogen and oxygen atoms in total. The summed E-state index contributed by atoms with van der Waals surface area (Å²) in [5.74, 6) is 0.119. The van der Waals surface area contributed by atoms with Gasteiger partial charge >= 0.3 is 0 Å². The van der Waals surface area contributed by atoms with Crippen LogP contribution in [-0.2, 0) is 6.54 Å². The number of carbonyl (C=O) groups excluding carboxylic acids is 1. The highest BCUT2D eigenvalue weighted by atomic mass is 79.9. The molecule has 0 aliphatic rings. The topological polar surface area (TPSA) is 20.9 Å². The van der Waals surface area contributed by atoms with Crippen molar-refractivity contribution in [3.05, 3.63) is 90.3 Å².